The zero-order chi connectivity index (χ0) is 55.2. The number of hydrogen-bond acceptors (Lipinski definition) is 3. The van der Waals surface area contributed by atoms with E-state index in [1.54, 1.807) is 11.1 Å². The summed E-state index contributed by atoms with van der Waals surface area (Å²) in [6.45, 7) is 45.4. The summed E-state index contributed by atoms with van der Waals surface area (Å²) in [5, 5.41) is 0. The Morgan fingerprint density at radius 2 is 0.654 bits per heavy atom. The first-order valence-electron chi connectivity index (χ1n) is 30.7. The lowest BCUT2D eigenvalue weighted by atomic mass is 9.32. The average molecular weight is 1030 g/mol. The smallest absolute Gasteiger partial charge is 0.252 e. The second-order valence-electron chi connectivity index (χ2n) is 32.4. The van der Waals surface area contributed by atoms with Crippen molar-refractivity contribution in [2.45, 2.75) is 243 Å². The van der Waals surface area contributed by atoms with Gasteiger partial charge < -0.3 is 14.7 Å². The number of hydrogen-bond donors (Lipinski definition) is 0. The Kier molecular flexibility index (Phi) is 10.1. The van der Waals surface area contributed by atoms with Crippen LogP contribution in [0.1, 0.15) is 239 Å². The molecule has 0 bridgehead atoms. The molecule has 78 heavy (non-hydrogen) atoms. The van der Waals surface area contributed by atoms with Crippen LogP contribution in [0.25, 0.3) is 0 Å². The summed E-state index contributed by atoms with van der Waals surface area (Å²) in [5.74, 6) is 0. The molecule has 14 rings (SSSR count). The molecule has 0 aromatic heterocycles. The fourth-order valence-electron chi connectivity index (χ4n) is 17.7. The summed E-state index contributed by atoms with van der Waals surface area (Å²) in [6, 6.07) is 41.3. The molecule has 8 aliphatic rings. The lowest BCUT2D eigenvalue weighted by Crippen LogP contribution is -2.63. The van der Waals surface area contributed by atoms with Crippen molar-refractivity contribution in [3.8, 4) is 0 Å². The molecule has 6 aromatic carbocycles. The number of para-hydroxylation sites is 1. The van der Waals surface area contributed by atoms with Gasteiger partial charge in [0.25, 0.3) is 6.71 Å². The van der Waals surface area contributed by atoms with Gasteiger partial charge in [0.15, 0.2) is 0 Å². The van der Waals surface area contributed by atoms with Gasteiger partial charge in [-0.1, -0.05) is 160 Å². The Morgan fingerprint density at radius 1 is 0.295 bits per heavy atom. The van der Waals surface area contributed by atoms with E-state index in [1.807, 2.05) is 0 Å². The molecule has 1 fully saturated rings. The van der Waals surface area contributed by atoms with E-state index < -0.39 is 0 Å². The second kappa shape index (κ2) is 15.4. The normalized spacial score (nSPS) is 26.6. The largest absolute Gasteiger partial charge is 0.334 e. The van der Waals surface area contributed by atoms with Crippen molar-refractivity contribution in [2.75, 3.05) is 14.7 Å². The van der Waals surface area contributed by atoms with E-state index in [9.17, 15) is 0 Å². The van der Waals surface area contributed by atoms with Gasteiger partial charge >= 0.3 is 0 Å². The maximum absolute atomic E-state index is 2.83. The molecule has 0 amide bonds. The van der Waals surface area contributed by atoms with Crippen LogP contribution in [0.3, 0.4) is 0 Å². The highest BCUT2D eigenvalue weighted by molar-refractivity contribution is 7.00. The molecule has 0 saturated heterocycles. The number of benzene rings is 6. The lowest BCUT2D eigenvalue weighted by molar-refractivity contribution is 0.133. The maximum Gasteiger partial charge on any atom is 0.252 e. The maximum atomic E-state index is 2.83. The minimum atomic E-state index is -0.0714. The predicted molar refractivity (Wildman–Crippen MR) is 335 cm³/mol. The van der Waals surface area contributed by atoms with Crippen molar-refractivity contribution in [2.24, 2.45) is 0 Å². The summed E-state index contributed by atoms with van der Waals surface area (Å²) < 4.78 is 0. The monoisotopic (exact) mass is 1030 g/mol. The average Bonchev–Trinajstić information content (AvgIpc) is 2.14. The third-order valence-corrected chi connectivity index (χ3v) is 24.0. The molecule has 3 aliphatic heterocycles. The summed E-state index contributed by atoms with van der Waals surface area (Å²) in [7, 11) is 0. The van der Waals surface area contributed by atoms with E-state index in [0.29, 0.717) is 0 Å². The number of nitrogens with zero attached hydrogens (tertiary/aromatic N) is 3. The standard InChI is InChI=1S/C74H90BN3/c1-65(2)27-29-67(5,6)51-37-45(23-25-48(51)65)76-60-43-55-53(69(9,10)31-33-71(55,13)14)41-57(60)75-58-42-54-56(72(15,16)34-32-70(54,11)12)44-61(58)77(46-24-26-49-52(38-46)68(7,8)30-28-66(49,3)4)63-40-47(39-62(76)64(63)75)78-59-22-20-19-21-50(59)73(17)35-36-74(73,78)18/h19-26,37-44H,27-36H2,1-18H3. The molecule has 0 radical (unpaired) electrons. The fraction of sp³-hybridized carbons (Fsp3) is 0.514. The van der Waals surface area contributed by atoms with Gasteiger partial charge in [-0.2, -0.15) is 0 Å². The van der Waals surface area contributed by atoms with E-state index in [2.05, 4.69) is 236 Å². The number of anilines is 8. The van der Waals surface area contributed by atoms with Crippen LogP contribution >= 0.6 is 0 Å². The molecule has 0 spiro atoms. The van der Waals surface area contributed by atoms with Gasteiger partial charge in [-0.25, -0.2) is 0 Å². The van der Waals surface area contributed by atoms with Crippen LogP contribution in [-0.2, 0) is 48.7 Å². The van der Waals surface area contributed by atoms with Gasteiger partial charge in [0.05, 0.1) is 5.54 Å². The summed E-state index contributed by atoms with van der Waals surface area (Å²) in [5.41, 5.74) is 29.2. The van der Waals surface area contributed by atoms with Gasteiger partial charge in [0.2, 0.25) is 0 Å². The van der Waals surface area contributed by atoms with Gasteiger partial charge in [-0.15, -0.1) is 0 Å². The van der Waals surface area contributed by atoms with Crippen LogP contribution in [0.4, 0.5) is 45.5 Å². The summed E-state index contributed by atoms with van der Waals surface area (Å²) in [4.78, 5) is 8.44. The molecule has 0 N–H and O–H groups in total. The van der Waals surface area contributed by atoms with Gasteiger partial charge in [-0.05, 0) is 236 Å². The van der Waals surface area contributed by atoms with E-state index in [-0.39, 0.29) is 61.0 Å². The Balaban J connectivity index is 1.15. The number of fused-ring (bicyclic) bond motifs is 11. The van der Waals surface area contributed by atoms with Crippen LogP contribution in [0.2, 0.25) is 0 Å². The van der Waals surface area contributed by atoms with Crippen molar-refractivity contribution in [1.29, 1.82) is 0 Å². The first kappa shape index (κ1) is 51.0. The van der Waals surface area contributed by atoms with Crippen LogP contribution < -0.4 is 31.1 Å². The molecule has 1 saturated carbocycles. The lowest BCUT2D eigenvalue weighted by Gasteiger charge is -2.56. The van der Waals surface area contributed by atoms with Crippen LogP contribution in [-0.4, -0.2) is 12.3 Å². The molecular weight excluding hydrogens is 942 g/mol. The van der Waals surface area contributed by atoms with Crippen molar-refractivity contribution < 1.29 is 0 Å². The SMILES string of the molecule is CC1(C)CCC(C)(C)c2cc(N3c4cc5c(cc4B4c6cc7c(cc6N(c6ccc8c(c6)C(C)(C)CCC8(C)C)c6cc(N8c9ccccc9C9(C)CCC89C)cc3c64)C(C)(C)CCC7(C)C)C(C)(C)CCC5(C)C)ccc21. The van der Waals surface area contributed by atoms with Crippen molar-refractivity contribution in [3.05, 3.63) is 147 Å². The first-order chi connectivity index (χ1) is 36.3. The molecule has 3 heterocycles. The van der Waals surface area contributed by atoms with Gasteiger partial charge in [0, 0.05) is 50.9 Å². The molecule has 6 aromatic rings. The first-order valence-corrected chi connectivity index (χ1v) is 30.7. The third kappa shape index (κ3) is 6.64. The minimum Gasteiger partial charge on any atom is -0.334 e. The quantitative estimate of drug-likeness (QED) is 0.163. The zero-order valence-electron chi connectivity index (χ0n) is 51.2. The molecule has 2 atom stereocenters. The van der Waals surface area contributed by atoms with Crippen LogP contribution in [0.15, 0.2) is 97.1 Å². The molecule has 2 unspecified atom stereocenters. The molecule has 5 aliphatic carbocycles. The van der Waals surface area contributed by atoms with E-state index in [1.165, 1.54) is 159 Å². The van der Waals surface area contributed by atoms with Gasteiger partial charge in [-0.3, -0.25) is 0 Å². The summed E-state index contributed by atoms with van der Waals surface area (Å²) >= 11 is 0. The minimum absolute atomic E-state index is 0.0234. The topological polar surface area (TPSA) is 9.72 Å². The van der Waals surface area contributed by atoms with Crippen LogP contribution in [0, 0.1) is 0 Å². The predicted octanol–water partition coefficient (Wildman–Crippen LogP) is 18.1. The van der Waals surface area contributed by atoms with Crippen molar-refractivity contribution in [3.63, 3.8) is 0 Å². The van der Waals surface area contributed by atoms with E-state index >= 15 is 0 Å². The summed E-state index contributed by atoms with van der Waals surface area (Å²) in [6.07, 6.45) is 11.8. The van der Waals surface area contributed by atoms with Crippen molar-refractivity contribution >= 4 is 68.6 Å². The highest BCUT2D eigenvalue weighted by Crippen LogP contribution is 2.66. The Morgan fingerprint density at radius 3 is 1.04 bits per heavy atom. The molecular formula is C74H90BN3. The number of rotatable bonds is 3. The van der Waals surface area contributed by atoms with E-state index in [4.69, 9.17) is 0 Å². The Bertz CT molecular complexity index is 3420. The molecule has 404 valence electrons. The third-order valence-electron chi connectivity index (χ3n) is 24.0. The zero-order valence-corrected chi connectivity index (χ0v) is 51.2. The highest BCUT2D eigenvalue weighted by atomic mass is 15.3. The molecule has 4 heteroatoms. The fourth-order valence-corrected chi connectivity index (χ4v) is 17.7. The Hall–Kier alpha value is -5.22. The van der Waals surface area contributed by atoms with Gasteiger partial charge in [0.1, 0.15) is 0 Å². The van der Waals surface area contributed by atoms with Crippen LogP contribution in [0.5, 0.6) is 0 Å². The van der Waals surface area contributed by atoms with E-state index in [0.717, 1.165) is 6.42 Å². The molecule has 3 nitrogen and oxygen atoms in total. The Labute approximate surface area is 471 Å². The highest BCUT2D eigenvalue weighted by Gasteiger charge is 2.63. The van der Waals surface area contributed by atoms with Crippen molar-refractivity contribution in [1.82, 2.24) is 0 Å². The second-order valence-corrected chi connectivity index (χ2v) is 32.4.